The van der Waals surface area contributed by atoms with Gasteiger partial charge in [0.25, 0.3) is 5.91 Å². The highest BCUT2D eigenvalue weighted by Gasteiger charge is 2.26. The molecule has 2 N–H and O–H groups in total. The van der Waals surface area contributed by atoms with Crippen LogP contribution in [0.1, 0.15) is 11.1 Å². The SMILES string of the molecule is COc1cc(OC)c(/C=C(\C(N)=O)S(=O)(=O)Cc2ccc(Cl)cc2Cl)c(OC)c1. The lowest BCUT2D eigenvalue weighted by molar-refractivity contribution is -0.113. The summed E-state index contributed by atoms with van der Waals surface area (Å²) >= 11 is 11.9. The largest absolute Gasteiger partial charge is 0.496 e. The summed E-state index contributed by atoms with van der Waals surface area (Å²) in [6.07, 6.45) is 1.11. The predicted octanol–water partition coefficient (Wildman–Crippen LogP) is 3.46. The molecule has 0 heterocycles. The Bertz CT molecular complexity index is 1040. The molecule has 0 aromatic heterocycles. The molecule has 0 bridgehead atoms. The number of sulfone groups is 1. The third-order valence-electron chi connectivity index (χ3n) is 3.97. The average Bonchev–Trinajstić information content (AvgIpc) is 2.67. The summed E-state index contributed by atoms with van der Waals surface area (Å²) in [5, 5.41) is 0.513. The van der Waals surface area contributed by atoms with E-state index in [2.05, 4.69) is 0 Å². The molecule has 29 heavy (non-hydrogen) atoms. The maximum absolute atomic E-state index is 12.9. The smallest absolute Gasteiger partial charge is 0.260 e. The van der Waals surface area contributed by atoms with E-state index < -0.39 is 26.4 Å². The third-order valence-corrected chi connectivity index (χ3v) is 6.23. The van der Waals surface area contributed by atoms with Gasteiger partial charge in [-0.1, -0.05) is 29.3 Å². The molecule has 7 nitrogen and oxygen atoms in total. The van der Waals surface area contributed by atoms with Crippen molar-refractivity contribution in [1.29, 1.82) is 0 Å². The predicted molar refractivity (Wildman–Crippen MR) is 112 cm³/mol. The Hall–Kier alpha value is -2.42. The molecule has 0 atom stereocenters. The summed E-state index contributed by atoms with van der Waals surface area (Å²) in [5.74, 6) is -0.778. The van der Waals surface area contributed by atoms with Gasteiger partial charge in [-0.2, -0.15) is 0 Å². The maximum Gasteiger partial charge on any atom is 0.260 e. The van der Waals surface area contributed by atoms with Crippen LogP contribution in [0, 0.1) is 0 Å². The van der Waals surface area contributed by atoms with E-state index in [-0.39, 0.29) is 27.6 Å². The van der Waals surface area contributed by atoms with Gasteiger partial charge in [0.15, 0.2) is 9.84 Å². The highest BCUT2D eigenvalue weighted by atomic mass is 35.5. The van der Waals surface area contributed by atoms with Crippen molar-refractivity contribution in [2.75, 3.05) is 21.3 Å². The molecular formula is C19H19Cl2NO6S. The van der Waals surface area contributed by atoms with Crippen molar-refractivity contribution in [3.8, 4) is 17.2 Å². The number of ether oxygens (including phenoxy) is 3. The van der Waals surface area contributed by atoms with Gasteiger partial charge < -0.3 is 19.9 Å². The second-order valence-electron chi connectivity index (χ2n) is 5.81. The fraction of sp³-hybridized carbons (Fsp3) is 0.211. The lowest BCUT2D eigenvalue weighted by Crippen LogP contribution is -2.22. The Morgan fingerprint density at radius 3 is 2.07 bits per heavy atom. The number of benzene rings is 2. The van der Waals surface area contributed by atoms with Crippen molar-refractivity contribution in [2.24, 2.45) is 5.73 Å². The van der Waals surface area contributed by atoms with Crippen molar-refractivity contribution >= 4 is 45.0 Å². The minimum atomic E-state index is -4.16. The first-order chi connectivity index (χ1) is 13.6. The molecule has 2 aromatic carbocycles. The topological polar surface area (TPSA) is 105 Å². The van der Waals surface area contributed by atoms with Crippen LogP contribution < -0.4 is 19.9 Å². The first kappa shape index (κ1) is 22.9. The van der Waals surface area contributed by atoms with E-state index >= 15 is 0 Å². The van der Waals surface area contributed by atoms with Crippen LogP contribution in [0.15, 0.2) is 35.2 Å². The van der Waals surface area contributed by atoms with E-state index in [9.17, 15) is 13.2 Å². The van der Waals surface area contributed by atoms with Gasteiger partial charge in [0.05, 0.1) is 32.6 Å². The molecule has 10 heteroatoms. The Morgan fingerprint density at radius 1 is 1.03 bits per heavy atom. The van der Waals surface area contributed by atoms with E-state index in [0.717, 1.165) is 6.08 Å². The third kappa shape index (κ3) is 5.35. The molecule has 0 saturated heterocycles. The van der Waals surface area contributed by atoms with Crippen molar-refractivity contribution in [3.63, 3.8) is 0 Å². The molecule has 0 aliphatic rings. The van der Waals surface area contributed by atoms with Crippen LogP contribution in [0.25, 0.3) is 6.08 Å². The van der Waals surface area contributed by atoms with E-state index in [4.69, 9.17) is 43.1 Å². The highest BCUT2D eigenvalue weighted by Crippen LogP contribution is 2.36. The van der Waals surface area contributed by atoms with Gasteiger partial charge in [-0.05, 0) is 23.8 Å². The lowest BCUT2D eigenvalue weighted by Gasteiger charge is -2.14. The monoisotopic (exact) mass is 459 g/mol. The number of amides is 1. The van der Waals surface area contributed by atoms with Gasteiger partial charge in [0.1, 0.15) is 22.2 Å². The number of carbonyl (C=O) groups excluding carboxylic acids is 1. The standard InChI is InChI=1S/C19H19Cl2NO6S/c1-26-13-7-16(27-2)14(17(8-13)28-3)9-18(19(22)23)29(24,25)10-11-4-5-12(20)6-15(11)21/h4-9H,10H2,1-3H3,(H2,22,23)/b18-9+. The first-order valence-corrected chi connectivity index (χ1v) is 10.5. The van der Waals surface area contributed by atoms with Gasteiger partial charge in [-0.3, -0.25) is 4.79 Å². The van der Waals surface area contributed by atoms with Crippen LogP contribution in [0.2, 0.25) is 10.0 Å². The number of methoxy groups -OCH3 is 3. The van der Waals surface area contributed by atoms with Crippen molar-refractivity contribution < 1.29 is 27.4 Å². The second-order valence-corrected chi connectivity index (χ2v) is 8.61. The fourth-order valence-corrected chi connectivity index (χ4v) is 4.52. The van der Waals surface area contributed by atoms with E-state index in [1.165, 1.54) is 51.7 Å². The zero-order valence-corrected chi connectivity index (χ0v) is 18.2. The Labute approximate surface area is 178 Å². The molecule has 0 fully saturated rings. The number of nitrogens with two attached hydrogens (primary N) is 1. The van der Waals surface area contributed by atoms with Crippen molar-refractivity contribution in [1.82, 2.24) is 0 Å². The van der Waals surface area contributed by atoms with Crippen LogP contribution in [0.4, 0.5) is 0 Å². The highest BCUT2D eigenvalue weighted by molar-refractivity contribution is 7.95. The van der Waals surface area contributed by atoms with Gasteiger partial charge in [-0.25, -0.2) is 8.42 Å². The molecule has 0 saturated carbocycles. The molecule has 0 unspecified atom stereocenters. The summed E-state index contributed by atoms with van der Waals surface area (Å²) in [6.45, 7) is 0. The lowest BCUT2D eigenvalue weighted by atomic mass is 10.1. The first-order valence-electron chi connectivity index (χ1n) is 8.11. The minimum absolute atomic E-state index is 0.157. The molecule has 156 valence electrons. The normalized spacial score (nSPS) is 11.8. The van der Waals surface area contributed by atoms with Crippen molar-refractivity contribution in [3.05, 3.63) is 56.4 Å². The fourth-order valence-electron chi connectivity index (χ4n) is 2.54. The molecule has 2 aromatic rings. The summed E-state index contributed by atoms with van der Waals surface area (Å²) in [4.78, 5) is 11.4. The number of hydrogen-bond acceptors (Lipinski definition) is 6. The van der Waals surface area contributed by atoms with Gasteiger partial charge >= 0.3 is 0 Å². The van der Waals surface area contributed by atoms with Gasteiger partial charge in [-0.15, -0.1) is 0 Å². The van der Waals surface area contributed by atoms with E-state index in [1.807, 2.05) is 0 Å². The molecule has 0 radical (unpaired) electrons. The number of hydrogen-bond donors (Lipinski definition) is 1. The zero-order chi connectivity index (χ0) is 21.8. The molecule has 2 rings (SSSR count). The Kier molecular flexibility index (Phi) is 7.40. The summed E-state index contributed by atoms with van der Waals surface area (Å²) in [5.41, 5.74) is 5.87. The number of rotatable bonds is 8. The van der Waals surface area contributed by atoms with E-state index in [1.54, 1.807) is 0 Å². The molecule has 0 aliphatic heterocycles. The number of halogens is 2. The quantitative estimate of drug-likeness (QED) is 0.605. The summed E-state index contributed by atoms with van der Waals surface area (Å²) in [7, 11) is 0.0728. The molecule has 0 spiro atoms. The minimum Gasteiger partial charge on any atom is -0.496 e. The van der Waals surface area contributed by atoms with Gasteiger partial charge in [0.2, 0.25) is 0 Å². The number of primary amides is 1. The van der Waals surface area contributed by atoms with Crippen LogP contribution in [-0.2, 0) is 20.4 Å². The Balaban J connectivity index is 2.61. The summed E-state index contributed by atoms with van der Waals surface area (Å²) in [6, 6.07) is 7.43. The van der Waals surface area contributed by atoms with Crippen molar-refractivity contribution in [2.45, 2.75) is 5.75 Å². The van der Waals surface area contributed by atoms with E-state index in [0.29, 0.717) is 10.8 Å². The van der Waals surface area contributed by atoms with Crippen LogP contribution >= 0.6 is 23.2 Å². The van der Waals surface area contributed by atoms with Crippen LogP contribution in [0.5, 0.6) is 17.2 Å². The summed E-state index contributed by atoms with van der Waals surface area (Å²) < 4.78 is 41.6. The van der Waals surface area contributed by atoms with Crippen LogP contribution in [-0.4, -0.2) is 35.7 Å². The van der Waals surface area contributed by atoms with Gasteiger partial charge in [0, 0.05) is 22.2 Å². The molecule has 1 amide bonds. The second kappa shape index (κ2) is 9.39. The zero-order valence-electron chi connectivity index (χ0n) is 15.9. The Morgan fingerprint density at radius 2 is 1.62 bits per heavy atom. The molecular weight excluding hydrogens is 441 g/mol. The average molecular weight is 460 g/mol. The number of carbonyl (C=O) groups is 1. The molecule has 0 aliphatic carbocycles. The van der Waals surface area contributed by atoms with Crippen LogP contribution in [0.3, 0.4) is 0 Å². The maximum atomic E-state index is 12.9.